The highest BCUT2D eigenvalue weighted by atomic mass is 16.5. The molecular weight excluding hydrogens is 190 g/mol. The average Bonchev–Trinajstić information content (AvgIpc) is 2.25. The number of rotatable bonds is 6. The highest BCUT2D eigenvalue weighted by Crippen LogP contribution is 2.28. The van der Waals surface area contributed by atoms with Crippen molar-refractivity contribution in [3.8, 4) is 0 Å². The maximum atomic E-state index is 5.93. The lowest BCUT2D eigenvalue weighted by Gasteiger charge is -2.40. The predicted molar refractivity (Wildman–Crippen MR) is 62.2 cm³/mol. The largest absolute Gasteiger partial charge is 0.383 e. The molecule has 0 saturated carbocycles. The molecule has 0 amide bonds. The molecule has 1 aliphatic rings. The summed E-state index contributed by atoms with van der Waals surface area (Å²) in [4.78, 5) is 0. The van der Waals surface area contributed by atoms with Crippen LogP contribution >= 0.6 is 0 Å². The van der Waals surface area contributed by atoms with Crippen LogP contribution in [0.2, 0.25) is 0 Å². The van der Waals surface area contributed by atoms with Gasteiger partial charge < -0.3 is 14.8 Å². The summed E-state index contributed by atoms with van der Waals surface area (Å²) in [6.07, 6.45) is 4.75. The number of nitrogens with one attached hydrogen (secondary N) is 1. The molecule has 3 heteroatoms. The Morgan fingerprint density at radius 2 is 2.27 bits per heavy atom. The summed E-state index contributed by atoms with van der Waals surface area (Å²) in [6.45, 7) is 7.05. The molecule has 2 unspecified atom stereocenters. The van der Waals surface area contributed by atoms with Gasteiger partial charge in [0.25, 0.3) is 0 Å². The Kier molecular flexibility index (Phi) is 5.58. The molecule has 0 aromatic rings. The van der Waals surface area contributed by atoms with Gasteiger partial charge in [-0.25, -0.2) is 0 Å². The SMILES string of the molecule is CCCNC(COC)C1(C)CCCCO1. The summed E-state index contributed by atoms with van der Waals surface area (Å²) in [5, 5.41) is 3.53. The topological polar surface area (TPSA) is 30.5 Å². The Balaban J connectivity index is 2.50. The number of ether oxygens (including phenoxy) is 2. The third-order valence-electron chi connectivity index (χ3n) is 3.21. The molecule has 1 rings (SSSR count). The minimum Gasteiger partial charge on any atom is -0.383 e. The van der Waals surface area contributed by atoms with Crippen LogP contribution in [0.15, 0.2) is 0 Å². The Bertz CT molecular complexity index is 167. The fourth-order valence-electron chi connectivity index (χ4n) is 2.17. The molecule has 15 heavy (non-hydrogen) atoms. The van der Waals surface area contributed by atoms with Gasteiger partial charge in [-0.3, -0.25) is 0 Å². The van der Waals surface area contributed by atoms with Crippen LogP contribution in [0.25, 0.3) is 0 Å². The van der Waals surface area contributed by atoms with E-state index in [1.54, 1.807) is 7.11 Å². The smallest absolute Gasteiger partial charge is 0.0829 e. The zero-order valence-corrected chi connectivity index (χ0v) is 10.3. The second kappa shape index (κ2) is 6.46. The van der Waals surface area contributed by atoms with Gasteiger partial charge in [0, 0.05) is 13.7 Å². The first-order chi connectivity index (χ1) is 7.23. The highest BCUT2D eigenvalue weighted by Gasteiger charge is 2.36. The molecule has 2 atom stereocenters. The van der Waals surface area contributed by atoms with Crippen LogP contribution in [-0.4, -0.2) is 38.5 Å². The van der Waals surface area contributed by atoms with Crippen LogP contribution in [-0.2, 0) is 9.47 Å². The van der Waals surface area contributed by atoms with Gasteiger partial charge in [-0.15, -0.1) is 0 Å². The quantitative estimate of drug-likeness (QED) is 0.734. The fraction of sp³-hybridized carbons (Fsp3) is 1.00. The first kappa shape index (κ1) is 12.9. The second-order valence-electron chi connectivity index (χ2n) is 4.58. The summed E-state index contributed by atoms with van der Waals surface area (Å²) in [5.74, 6) is 0. The molecule has 0 aromatic carbocycles. The molecule has 90 valence electrons. The van der Waals surface area contributed by atoms with Crippen LogP contribution in [0, 0.1) is 0 Å². The minimum absolute atomic E-state index is 0.0383. The first-order valence-electron chi connectivity index (χ1n) is 6.09. The molecule has 3 nitrogen and oxygen atoms in total. The molecule has 0 aliphatic carbocycles. The van der Waals surface area contributed by atoms with Gasteiger partial charge in [-0.05, 0) is 39.2 Å². The standard InChI is InChI=1S/C12H25NO2/c1-4-8-13-11(10-14-3)12(2)7-5-6-9-15-12/h11,13H,4-10H2,1-3H3. The zero-order chi connectivity index (χ0) is 11.1. The predicted octanol–water partition coefficient (Wildman–Crippen LogP) is 1.96. The summed E-state index contributed by atoms with van der Waals surface area (Å²) in [7, 11) is 1.76. The molecule has 1 fully saturated rings. The van der Waals surface area contributed by atoms with Crippen molar-refractivity contribution >= 4 is 0 Å². The van der Waals surface area contributed by atoms with Gasteiger partial charge in [0.05, 0.1) is 18.2 Å². The van der Waals surface area contributed by atoms with Gasteiger partial charge in [-0.1, -0.05) is 6.92 Å². The number of hydrogen-bond acceptors (Lipinski definition) is 3. The molecule has 0 bridgehead atoms. The zero-order valence-electron chi connectivity index (χ0n) is 10.3. The fourth-order valence-corrected chi connectivity index (χ4v) is 2.17. The highest BCUT2D eigenvalue weighted by molar-refractivity contribution is 4.91. The molecular formula is C12H25NO2. The molecule has 1 N–H and O–H groups in total. The van der Waals surface area contributed by atoms with E-state index in [2.05, 4.69) is 19.2 Å². The van der Waals surface area contributed by atoms with Crippen LogP contribution in [0.3, 0.4) is 0 Å². The van der Waals surface area contributed by atoms with Crippen molar-refractivity contribution in [2.24, 2.45) is 0 Å². The second-order valence-corrected chi connectivity index (χ2v) is 4.58. The summed E-state index contributed by atoms with van der Waals surface area (Å²) < 4.78 is 11.2. The lowest BCUT2D eigenvalue weighted by atomic mass is 9.88. The van der Waals surface area contributed by atoms with Crippen LogP contribution < -0.4 is 5.32 Å². The van der Waals surface area contributed by atoms with Crippen molar-refractivity contribution in [1.82, 2.24) is 5.32 Å². The van der Waals surface area contributed by atoms with Crippen LogP contribution in [0.5, 0.6) is 0 Å². The maximum absolute atomic E-state index is 5.93. The van der Waals surface area contributed by atoms with Gasteiger partial charge in [0.1, 0.15) is 0 Å². The van der Waals surface area contributed by atoms with Gasteiger partial charge in [0.2, 0.25) is 0 Å². The van der Waals surface area contributed by atoms with Crippen molar-refractivity contribution in [2.75, 3.05) is 26.9 Å². The van der Waals surface area contributed by atoms with Crippen molar-refractivity contribution in [3.63, 3.8) is 0 Å². The minimum atomic E-state index is -0.0383. The molecule has 1 heterocycles. The Labute approximate surface area is 93.5 Å². The molecule has 0 radical (unpaired) electrons. The third-order valence-corrected chi connectivity index (χ3v) is 3.21. The van der Waals surface area contributed by atoms with Crippen molar-refractivity contribution in [2.45, 2.75) is 51.2 Å². The molecule has 1 aliphatic heterocycles. The lowest BCUT2D eigenvalue weighted by molar-refractivity contribution is -0.100. The van der Waals surface area contributed by atoms with E-state index < -0.39 is 0 Å². The van der Waals surface area contributed by atoms with Crippen molar-refractivity contribution in [3.05, 3.63) is 0 Å². The average molecular weight is 215 g/mol. The van der Waals surface area contributed by atoms with E-state index in [-0.39, 0.29) is 5.60 Å². The first-order valence-corrected chi connectivity index (χ1v) is 6.09. The van der Waals surface area contributed by atoms with E-state index in [1.807, 2.05) is 0 Å². The summed E-state index contributed by atoms with van der Waals surface area (Å²) in [6, 6.07) is 0.322. The normalized spacial score (nSPS) is 29.0. The van der Waals surface area contributed by atoms with E-state index in [4.69, 9.17) is 9.47 Å². The van der Waals surface area contributed by atoms with Crippen molar-refractivity contribution < 1.29 is 9.47 Å². The number of hydrogen-bond donors (Lipinski definition) is 1. The third kappa shape index (κ3) is 3.74. The Hall–Kier alpha value is -0.120. The summed E-state index contributed by atoms with van der Waals surface area (Å²) in [5.41, 5.74) is -0.0383. The lowest BCUT2D eigenvalue weighted by Crippen LogP contribution is -2.54. The van der Waals surface area contributed by atoms with E-state index in [0.717, 1.165) is 32.6 Å². The van der Waals surface area contributed by atoms with E-state index in [1.165, 1.54) is 12.8 Å². The van der Waals surface area contributed by atoms with Crippen LogP contribution in [0.4, 0.5) is 0 Å². The monoisotopic (exact) mass is 215 g/mol. The van der Waals surface area contributed by atoms with Gasteiger partial charge >= 0.3 is 0 Å². The molecule has 0 spiro atoms. The van der Waals surface area contributed by atoms with Gasteiger partial charge in [0.15, 0.2) is 0 Å². The van der Waals surface area contributed by atoms with Crippen LogP contribution in [0.1, 0.15) is 39.5 Å². The summed E-state index contributed by atoms with van der Waals surface area (Å²) >= 11 is 0. The Morgan fingerprint density at radius 3 is 2.80 bits per heavy atom. The molecule has 0 aromatic heterocycles. The Morgan fingerprint density at radius 1 is 1.47 bits per heavy atom. The number of methoxy groups -OCH3 is 1. The molecule has 1 saturated heterocycles. The van der Waals surface area contributed by atoms with E-state index in [0.29, 0.717) is 6.04 Å². The van der Waals surface area contributed by atoms with E-state index in [9.17, 15) is 0 Å². The van der Waals surface area contributed by atoms with Gasteiger partial charge in [-0.2, -0.15) is 0 Å². The van der Waals surface area contributed by atoms with Crippen molar-refractivity contribution in [1.29, 1.82) is 0 Å². The maximum Gasteiger partial charge on any atom is 0.0829 e. The van der Waals surface area contributed by atoms with E-state index >= 15 is 0 Å².